The second-order valence-corrected chi connectivity index (χ2v) is 3.58. The first-order valence-corrected chi connectivity index (χ1v) is 5.23. The predicted octanol–water partition coefficient (Wildman–Crippen LogP) is 1.14. The van der Waals surface area contributed by atoms with Crippen LogP contribution < -0.4 is 0 Å². The fraction of sp³-hybridized carbons (Fsp3) is 0.167. The van der Waals surface area contributed by atoms with Crippen LogP contribution in [0.2, 0.25) is 0 Å². The molecule has 0 unspecified atom stereocenters. The monoisotopic (exact) mass is 257 g/mol. The van der Waals surface area contributed by atoms with E-state index in [1.165, 1.54) is 12.4 Å². The second-order valence-electron chi connectivity index (χ2n) is 3.58. The minimum absolute atomic E-state index is 0.161. The van der Waals surface area contributed by atoms with E-state index in [-0.39, 0.29) is 11.6 Å². The van der Waals surface area contributed by atoms with Gasteiger partial charge in [-0.05, 0) is 25.0 Å². The summed E-state index contributed by atoms with van der Waals surface area (Å²) in [5, 5.41) is 16.6. The summed E-state index contributed by atoms with van der Waals surface area (Å²) in [4.78, 5) is 24.8. The van der Waals surface area contributed by atoms with E-state index >= 15 is 0 Å². The normalized spacial score (nSPS) is 8.89. The molecule has 2 aromatic heterocycles. The Labute approximate surface area is 109 Å². The molecule has 96 valence electrons. The van der Waals surface area contributed by atoms with Crippen molar-refractivity contribution in [3.05, 3.63) is 47.6 Å². The average molecular weight is 257 g/mol. The number of aromatic carboxylic acids is 1. The molecule has 0 aromatic carbocycles. The van der Waals surface area contributed by atoms with E-state index in [9.17, 15) is 4.79 Å². The van der Waals surface area contributed by atoms with Crippen molar-refractivity contribution < 1.29 is 9.90 Å². The quantitative estimate of drug-likeness (QED) is 0.814. The van der Waals surface area contributed by atoms with Gasteiger partial charge in [-0.1, -0.05) is 0 Å². The van der Waals surface area contributed by atoms with E-state index in [2.05, 4.69) is 19.9 Å². The van der Waals surface area contributed by atoms with Crippen LogP contribution in [0.15, 0.2) is 24.8 Å². The SMILES string of the molecule is Cc1cnc(C#N)nc1.Cc1cnc(C(=O)O)nc1. The minimum Gasteiger partial charge on any atom is -0.475 e. The molecule has 1 N–H and O–H groups in total. The Morgan fingerprint density at radius 3 is 1.84 bits per heavy atom. The summed E-state index contributed by atoms with van der Waals surface area (Å²) in [7, 11) is 0. The maximum atomic E-state index is 10.2. The van der Waals surface area contributed by atoms with Crippen molar-refractivity contribution in [1.29, 1.82) is 5.26 Å². The Morgan fingerprint density at radius 2 is 1.47 bits per heavy atom. The lowest BCUT2D eigenvalue weighted by molar-refractivity contribution is 0.0683. The van der Waals surface area contributed by atoms with Crippen LogP contribution in [0.25, 0.3) is 0 Å². The fourth-order valence-electron chi connectivity index (χ4n) is 0.953. The van der Waals surface area contributed by atoms with Crippen molar-refractivity contribution in [2.75, 3.05) is 0 Å². The number of hydrogen-bond donors (Lipinski definition) is 1. The Kier molecular flexibility index (Phi) is 5.04. The molecule has 0 amide bonds. The van der Waals surface area contributed by atoms with Crippen LogP contribution in [0.1, 0.15) is 27.6 Å². The molecule has 0 fully saturated rings. The Morgan fingerprint density at radius 1 is 1.05 bits per heavy atom. The fourth-order valence-corrected chi connectivity index (χ4v) is 0.953. The van der Waals surface area contributed by atoms with Crippen molar-refractivity contribution in [3.8, 4) is 6.07 Å². The van der Waals surface area contributed by atoms with Crippen LogP contribution in [-0.2, 0) is 0 Å². The van der Waals surface area contributed by atoms with Gasteiger partial charge in [0, 0.05) is 24.8 Å². The molecule has 0 aliphatic carbocycles. The van der Waals surface area contributed by atoms with Gasteiger partial charge in [-0.3, -0.25) is 0 Å². The highest BCUT2D eigenvalue weighted by Gasteiger charge is 2.02. The van der Waals surface area contributed by atoms with Crippen LogP contribution in [0.4, 0.5) is 0 Å². The summed E-state index contributed by atoms with van der Waals surface area (Å²) in [5.41, 5.74) is 1.82. The number of rotatable bonds is 1. The van der Waals surface area contributed by atoms with Crippen LogP contribution >= 0.6 is 0 Å². The van der Waals surface area contributed by atoms with Gasteiger partial charge >= 0.3 is 5.97 Å². The first-order chi connectivity index (χ1) is 9.02. The largest absolute Gasteiger partial charge is 0.475 e. The Balaban J connectivity index is 0.000000191. The lowest BCUT2D eigenvalue weighted by atomic mass is 10.4. The molecule has 2 aromatic rings. The maximum Gasteiger partial charge on any atom is 0.373 e. The number of carbonyl (C=O) groups is 1. The predicted molar refractivity (Wildman–Crippen MR) is 65.2 cm³/mol. The summed E-state index contributed by atoms with van der Waals surface area (Å²) in [5.74, 6) is -1.04. The highest BCUT2D eigenvalue weighted by Crippen LogP contribution is 1.92. The first-order valence-electron chi connectivity index (χ1n) is 5.23. The van der Waals surface area contributed by atoms with Crippen LogP contribution in [0, 0.1) is 25.2 Å². The molecule has 0 aliphatic heterocycles. The third-order valence-corrected chi connectivity index (χ3v) is 1.85. The van der Waals surface area contributed by atoms with Gasteiger partial charge in [0.2, 0.25) is 11.6 Å². The topological polar surface area (TPSA) is 113 Å². The van der Waals surface area contributed by atoms with E-state index in [0.717, 1.165) is 11.1 Å². The van der Waals surface area contributed by atoms with Gasteiger partial charge in [0.05, 0.1) is 0 Å². The lowest BCUT2D eigenvalue weighted by Gasteiger charge is -1.90. The van der Waals surface area contributed by atoms with Gasteiger partial charge in [0.25, 0.3) is 0 Å². The van der Waals surface area contributed by atoms with Crippen molar-refractivity contribution in [1.82, 2.24) is 19.9 Å². The minimum atomic E-state index is -1.10. The lowest BCUT2D eigenvalue weighted by Crippen LogP contribution is -2.02. The van der Waals surface area contributed by atoms with Crippen molar-refractivity contribution in [2.24, 2.45) is 0 Å². The molecule has 0 spiro atoms. The van der Waals surface area contributed by atoms with Gasteiger partial charge in [0.1, 0.15) is 6.07 Å². The Hall–Kier alpha value is -2.88. The zero-order valence-corrected chi connectivity index (χ0v) is 10.4. The third-order valence-electron chi connectivity index (χ3n) is 1.85. The van der Waals surface area contributed by atoms with Crippen LogP contribution in [0.3, 0.4) is 0 Å². The molecule has 7 nitrogen and oxygen atoms in total. The van der Waals surface area contributed by atoms with E-state index in [4.69, 9.17) is 10.4 Å². The Bertz CT molecular complexity index is 587. The molecule has 0 aliphatic rings. The van der Waals surface area contributed by atoms with Crippen molar-refractivity contribution in [2.45, 2.75) is 13.8 Å². The highest BCUT2D eigenvalue weighted by molar-refractivity contribution is 5.82. The number of nitriles is 1. The highest BCUT2D eigenvalue weighted by atomic mass is 16.4. The van der Waals surface area contributed by atoms with E-state index in [1.54, 1.807) is 19.3 Å². The van der Waals surface area contributed by atoms with Gasteiger partial charge in [-0.15, -0.1) is 0 Å². The van der Waals surface area contributed by atoms with Gasteiger partial charge < -0.3 is 5.11 Å². The van der Waals surface area contributed by atoms with E-state index in [0.29, 0.717) is 0 Å². The number of aryl methyl sites for hydroxylation is 2. The first kappa shape index (κ1) is 14.2. The van der Waals surface area contributed by atoms with Crippen LogP contribution in [0.5, 0.6) is 0 Å². The average Bonchev–Trinajstić information content (AvgIpc) is 2.41. The van der Waals surface area contributed by atoms with E-state index in [1.807, 2.05) is 13.0 Å². The molecule has 0 bridgehead atoms. The standard InChI is InChI=1S/C6H5N3.C6H6N2O2/c1-5-3-8-6(2-7)9-4-5;1-4-2-7-5(6(9)10)8-3-4/h3-4H,1H3;2-3H,1H3,(H,9,10). The number of aromatic nitrogens is 4. The molecule has 0 saturated carbocycles. The van der Waals surface area contributed by atoms with Gasteiger partial charge in [-0.2, -0.15) is 5.26 Å². The van der Waals surface area contributed by atoms with E-state index < -0.39 is 5.97 Å². The number of nitrogens with zero attached hydrogens (tertiary/aromatic N) is 5. The molecule has 0 saturated heterocycles. The molecular weight excluding hydrogens is 246 g/mol. The molecule has 7 heteroatoms. The molecule has 2 heterocycles. The summed E-state index contributed by atoms with van der Waals surface area (Å²) in [6, 6.07) is 1.83. The van der Waals surface area contributed by atoms with Crippen LogP contribution in [-0.4, -0.2) is 31.0 Å². The summed E-state index contributed by atoms with van der Waals surface area (Å²) >= 11 is 0. The smallest absolute Gasteiger partial charge is 0.373 e. The summed E-state index contributed by atoms with van der Waals surface area (Å²) in [6.45, 7) is 3.67. The summed E-state index contributed by atoms with van der Waals surface area (Å²) in [6.07, 6.45) is 6.17. The van der Waals surface area contributed by atoms with Gasteiger partial charge in [0.15, 0.2) is 0 Å². The third kappa shape index (κ3) is 4.87. The zero-order chi connectivity index (χ0) is 14.3. The van der Waals surface area contributed by atoms with Crippen molar-refractivity contribution in [3.63, 3.8) is 0 Å². The van der Waals surface area contributed by atoms with Gasteiger partial charge in [-0.25, -0.2) is 24.7 Å². The molecule has 19 heavy (non-hydrogen) atoms. The zero-order valence-electron chi connectivity index (χ0n) is 10.4. The second kappa shape index (κ2) is 6.76. The molecular formula is C12H11N5O2. The number of hydrogen-bond acceptors (Lipinski definition) is 6. The molecule has 2 rings (SSSR count). The maximum absolute atomic E-state index is 10.2. The summed E-state index contributed by atoms with van der Waals surface area (Å²) < 4.78 is 0. The molecule has 0 atom stereocenters. The number of carboxylic acids is 1. The molecule has 0 radical (unpaired) electrons. The number of carboxylic acid groups (broad SMARTS) is 1. The van der Waals surface area contributed by atoms with Crippen molar-refractivity contribution >= 4 is 5.97 Å².